The molecule has 0 aromatic carbocycles. The molecule has 2 rings (SSSR count). The Morgan fingerprint density at radius 1 is 1.17 bits per heavy atom. The smallest absolute Gasteiger partial charge is 0.223 e. The van der Waals surface area contributed by atoms with Crippen molar-refractivity contribution in [2.75, 3.05) is 13.1 Å². The first kappa shape index (κ1) is 13.9. The van der Waals surface area contributed by atoms with Crippen LogP contribution >= 0.6 is 0 Å². The Kier molecular flexibility index (Phi) is 5.04. The van der Waals surface area contributed by atoms with Crippen molar-refractivity contribution in [3.05, 3.63) is 0 Å². The number of likely N-dealkylation sites (tertiary alicyclic amines) is 1. The zero-order valence-corrected chi connectivity index (χ0v) is 11.7. The molecule has 1 unspecified atom stereocenters. The molecule has 3 heteroatoms. The van der Waals surface area contributed by atoms with E-state index >= 15 is 0 Å². The molecule has 0 aromatic heterocycles. The first-order valence-electron chi connectivity index (χ1n) is 7.74. The maximum Gasteiger partial charge on any atom is 0.223 e. The van der Waals surface area contributed by atoms with Crippen molar-refractivity contribution >= 4 is 5.91 Å². The molecule has 104 valence electrons. The summed E-state index contributed by atoms with van der Waals surface area (Å²) >= 11 is 0. The lowest BCUT2D eigenvalue weighted by Crippen LogP contribution is -2.36. The van der Waals surface area contributed by atoms with Crippen LogP contribution in [0.25, 0.3) is 0 Å². The number of carbonyl (C=O) groups is 1. The van der Waals surface area contributed by atoms with Gasteiger partial charge in [0.15, 0.2) is 0 Å². The van der Waals surface area contributed by atoms with E-state index < -0.39 is 0 Å². The van der Waals surface area contributed by atoms with Gasteiger partial charge in [-0.1, -0.05) is 6.92 Å². The molecule has 0 spiro atoms. The van der Waals surface area contributed by atoms with Crippen LogP contribution in [0, 0.1) is 11.8 Å². The van der Waals surface area contributed by atoms with E-state index in [1.807, 2.05) is 0 Å². The minimum absolute atomic E-state index is 0.413. The third-order valence-corrected chi connectivity index (χ3v) is 4.93. The first-order chi connectivity index (χ1) is 8.74. The number of nitrogens with zero attached hydrogens (tertiary/aromatic N) is 1. The number of carbonyl (C=O) groups excluding carboxylic acids is 1. The third kappa shape index (κ3) is 3.25. The van der Waals surface area contributed by atoms with E-state index in [2.05, 4.69) is 11.8 Å². The number of rotatable bonds is 4. The molecular weight excluding hydrogens is 224 g/mol. The summed E-state index contributed by atoms with van der Waals surface area (Å²) in [6, 6.07) is 0.526. The van der Waals surface area contributed by atoms with Crippen molar-refractivity contribution in [3.63, 3.8) is 0 Å². The Hall–Kier alpha value is -0.570. The molecule has 18 heavy (non-hydrogen) atoms. The van der Waals surface area contributed by atoms with Gasteiger partial charge in [-0.15, -0.1) is 0 Å². The first-order valence-corrected chi connectivity index (χ1v) is 7.74. The Morgan fingerprint density at radius 2 is 1.83 bits per heavy atom. The maximum absolute atomic E-state index is 12.3. The highest BCUT2D eigenvalue weighted by Crippen LogP contribution is 2.31. The standard InChI is InChI=1S/C15H28N2O/c1-2-14-4-3-9-17(14)15(18)10-12-5-7-13(11-16)8-6-12/h12-14H,2-11,16H2,1H3. The van der Waals surface area contributed by atoms with Crippen LogP contribution in [-0.2, 0) is 4.79 Å². The predicted molar refractivity (Wildman–Crippen MR) is 74.1 cm³/mol. The van der Waals surface area contributed by atoms with Crippen LogP contribution in [0.4, 0.5) is 0 Å². The molecule has 1 heterocycles. The van der Waals surface area contributed by atoms with E-state index in [-0.39, 0.29) is 0 Å². The molecule has 1 saturated heterocycles. The lowest BCUT2D eigenvalue weighted by molar-refractivity contribution is -0.133. The van der Waals surface area contributed by atoms with Gasteiger partial charge in [0.1, 0.15) is 0 Å². The van der Waals surface area contributed by atoms with Crippen molar-refractivity contribution in [1.82, 2.24) is 4.90 Å². The Bertz CT molecular complexity index is 272. The van der Waals surface area contributed by atoms with E-state index in [1.165, 1.54) is 38.5 Å². The van der Waals surface area contributed by atoms with Gasteiger partial charge in [-0.05, 0) is 63.3 Å². The molecule has 1 aliphatic carbocycles. The fraction of sp³-hybridized carbons (Fsp3) is 0.933. The summed E-state index contributed by atoms with van der Waals surface area (Å²) in [5, 5.41) is 0. The van der Waals surface area contributed by atoms with Crippen LogP contribution in [0.5, 0.6) is 0 Å². The van der Waals surface area contributed by atoms with Crippen LogP contribution in [0.3, 0.4) is 0 Å². The minimum atomic E-state index is 0.413. The zero-order chi connectivity index (χ0) is 13.0. The Balaban J connectivity index is 1.77. The summed E-state index contributed by atoms with van der Waals surface area (Å²) in [6.45, 7) is 4.02. The van der Waals surface area contributed by atoms with Gasteiger partial charge in [-0.25, -0.2) is 0 Å². The van der Waals surface area contributed by atoms with E-state index in [1.54, 1.807) is 0 Å². The second-order valence-electron chi connectivity index (χ2n) is 6.12. The molecule has 1 atom stereocenters. The second kappa shape index (κ2) is 6.55. The Morgan fingerprint density at radius 3 is 2.44 bits per heavy atom. The highest BCUT2D eigenvalue weighted by Gasteiger charge is 2.29. The van der Waals surface area contributed by atoms with Gasteiger partial charge in [0.05, 0.1) is 0 Å². The number of hydrogen-bond acceptors (Lipinski definition) is 2. The van der Waals surface area contributed by atoms with Crippen molar-refractivity contribution in [1.29, 1.82) is 0 Å². The summed E-state index contributed by atoms with van der Waals surface area (Å²) in [4.78, 5) is 14.5. The molecule has 0 bridgehead atoms. The van der Waals surface area contributed by atoms with Crippen molar-refractivity contribution in [2.24, 2.45) is 17.6 Å². The summed E-state index contributed by atoms with van der Waals surface area (Å²) in [5.74, 6) is 1.75. The molecule has 3 nitrogen and oxygen atoms in total. The van der Waals surface area contributed by atoms with E-state index in [0.29, 0.717) is 23.8 Å². The Labute approximate surface area is 111 Å². The monoisotopic (exact) mass is 252 g/mol. The normalized spacial score (nSPS) is 32.8. The zero-order valence-electron chi connectivity index (χ0n) is 11.7. The minimum Gasteiger partial charge on any atom is -0.340 e. The maximum atomic E-state index is 12.3. The molecule has 1 aliphatic heterocycles. The average Bonchev–Trinajstić information content (AvgIpc) is 2.88. The van der Waals surface area contributed by atoms with Gasteiger partial charge in [-0.3, -0.25) is 4.79 Å². The fourth-order valence-corrected chi connectivity index (χ4v) is 3.62. The van der Waals surface area contributed by atoms with Gasteiger partial charge in [0, 0.05) is 19.0 Å². The van der Waals surface area contributed by atoms with E-state index in [0.717, 1.165) is 25.9 Å². The van der Waals surface area contributed by atoms with Crippen LogP contribution in [0.2, 0.25) is 0 Å². The van der Waals surface area contributed by atoms with Crippen LogP contribution in [0.15, 0.2) is 0 Å². The SMILES string of the molecule is CCC1CCCN1C(=O)CC1CCC(CN)CC1. The molecule has 1 saturated carbocycles. The lowest BCUT2D eigenvalue weighted by atomic mass is 9.80. The van der Waals surface area contributed by atoms with Gasteiger partial charge < -0.3 is 10.6 Å². The van der Waals surface area contributed by atoms with Gasteiger partial charge in [-0.2, -0.15) is 0 Å². The molecule has 2 aliphatic rings. The summed E-state index contributed by atoms with van der Waals surface area (Å²) < 4.78 is 0. The quantitative estimate of drug-likeness (QED) is 0.835. The third-order valence-electron chi connectivity index (χ3n) is 4.93. The van der Waals surface area contributed by atoms with Crippen LogP contribution in [-0.4, -0.2) is 29.9 Å². The van der Waals surface area contributed by atoms with Crippen molar-refractivity contribution in [3.8, 4) is 0 Å². The summed E-state index contributed by atoms with van der Waals surface area (Å²) in [5.41, 5.74) is 5.71. The van der Waals surface area contributed by atoms with Crippen LogP contribution < -0.4 is 5.73 Å². The average molecular weight is 252 g/mol. The largest absolute Gasteiger partial charge is 0.340 e. The van der Waals surface area contributed by atoms with Crippen molar-refractivity contribution in [2.45, 2.75) is 64.3 Å². The molecule has 1 amide bonds. The topological polar surface area (TPSA) is 46.3 Å². The van der Waals surface area contributed by atoms with E-state index in [4.69, 9.17) is 5.73 Å². The van der Waals surface area contributed by atoms with Crippen LogP contribution in [0.1, 0.15) is 58.3 Å². The molecular formula is C15H28N2O. The number of nitrogens with two attached hydrogens (primary N) is 1. The highest BCUT2D eigenvalue weighted by molar-refractivity contribution is 5.77. The van der Waals surface area contributed by atoms with Gasteiger partial charge >= 0.3 is 0 Å². The predicted octanol–water partition coefficient (Wildman–Crippen LogP) is 2.54. The molecule has 2 fully saturated rings. The fourth-order valence-electron chi connectivity index (χ4n) is 3.62. The van der Waals surface area contributed by atoms with Gasteiger partial charge in [0.2, 0.25) is 5.91 Å². The summed E-state index contributed by atoms with van der Waals surface area (Å²) in [7, 11) is 0. The molecule has 0 radical (unpaired) electrons. The lowest BCUT2D eigenvalue weighted by Gasteiger charge is -2.30. The molecule has 2 N–H and O–H groups in total. The van der Waals surface area contributed by atoms with Gasteiger partial charge in [0.25, 0.3) is 0 Å². The van der Waals surface area contributed by atoms with Crippen molar-refractivity contribution < 1.29 is 4.79 Å². The summed E-state index contributed by atoms with van der Waals surface area (Å²) in [6.07, 6.45) is 9.18. The number of hydrogen-bond donors (Lipinski definition) is 1. The second-order valence-corrected chi connectivity index (χ2v) is 6.12. The molecule has 0 aromatic rings. The van der Waals surface area contributed by atoms with E-state index in [9.17, 15) is 4.79 Å². The highest BCUT2D eigenvalue weighted by atomic mass is 16.2. The number of amides is 1.